The summed E-state index contributed by atoms with van der Waals surface area (Å²) in [6, 6.07) is 3.12. The number of aromatic nitrogens is 2. The van der Waals surface area contributed by atoms with Crippen LogP contribution in [0.1, 0.15) is 5.69 Å². The minimum Gasteiger partial charge on any atom is -0.335 e. The first-order valence-electron chi connectivity index (χ1n) is 7.29. The van der Waals surface area contributed by atoms with Crippen molar-refractivity contribution >= 4 is 27.4 Å². The smallest absolute Gasteiger partial charge is 0.152 e. The molecule has 2 aromatic carbocycles. The van der Waals surface area contributed by atoms with Crippen molar-refractivity contribution in [3.63, 3.8) is 0 Å². The van der Waals surface area contributed by atoms with E-state index in [1.807, 2.05) is 0 Å². The molecule has 1 aromatic heterocycles. The van der Waals surface area contributed by atoms with Gasteiger partial charge in [-0.3, -0.25) is 4.68 Å². The summed E-state index contributed by atoms with van der Waals surface area (Å²) in [6.07, 6.45) is 0. The highest BCUT2D eigenvalue weighted by atomic mass is 79.9. The number of anilines is 2. The lowest BCUT2D eigenvalue weighted by Gasteiger charge is -2.13. The molecule has 9 heteroatoms. The molecule has 0 aliphatic carbocycles. The van der Waals surface area contributed by atoms with E-state index in [0.717, 1.165) is 12.1 Å². The quantitative estimate of drug-likeness (QED) is 0.547. The van der Waals surface area contributed by atoms with Gasteiger partial charge in [-0.1, -0.05) is 15.9 Å². The second kappa shape index (κ2) is 6.71. The first-order valence-corrected chi connectivity index (χ1v) is 8.08. The molecule has 0 saturated heterocycles. The van der Waals surface area contributed by atoms with Crippen LogP contribution in [0.3, 0.4) is 0 Å². The Kier molecular flexibility index (Phi) is 4.74. The van der Waals surface area contributed by atoms with Gasteiger partial charge in [-0.2, -0.15) is 5.10 Å². The van der Waals surface area contributed by atoms with Crippen LogP contribution in [0.2, 0.25) is 0 Å². The predicted molar refractivity (Wildman–Crippen MR) is 90.6 cm³/mol. The third-order valence-corrected chi connectivity index (χ3v) is 4.19. The van der Waals surface area contributed by atoms with Crippen molar-refractivity contribution in [2.24, 2.45) is 7.05 Å². The lowest BCUT2D eigenvalue weighted by Crippen LogP contribution is -2.05. The molecular weight excluding hydrogens is 421 g/mol. The van der Waals surface area contributed by atoms with E-state index in [1.54, 1.807) is 0 Å². The largest absolute Gasteiger partial charge is 0.335 e. The summed E-state index contributed by atoms with van der Waals surface area (Å²) in [4.78, 5) is 0. The maximum Gasteiger partial charge on any atom is 0.152 e. The molecule has 136 valence electrons. The number of nitrogens with one attached hydrogen (secondary N) is 1. The Bertz CT molecular complexity index is 970. The molecule has 1 heterocycles. The normalized spacial score (nSPS) is 11.1. The van der Waals surface area contributed by atoms with Crippen LogP contribution in [0.25, 0.3) is 11.1 Å². The molecule has 0 unspecified atom stereocenters. The average molecular weight is 432 g/mol. The summed E-state index contributed by atoms with van der Waals surface area (Å²) >= 11 is 2.99. The second-order valence-corrected chi connectivity index (χ2v) is 6.46. The molecule has 0 amide bonds. The molecule has 3 nitrogen and oxygen atoms in total. The number of benzene rings is 2. The van der Waals surface area contributed by atoms with Gasteiger partial charge in [0.25, 0.3) is 0 Å². The van der Waals surface area contributed by atoms with Gasteiger partial charge >= 0.3 is 0 Å². The van der Waals surface area contributed by atoms with Gasteiger partial charge in [-0.05, 0) is 19.1 Å². The maximum absolute atomic E-state index is 14.4. The highest BCUT2D eigenvalue weighted by molar-refractivity contribution is 9.10. The standard InChI is InChI=1S/C17H11BrF5N3/c1-7-14(15-10(20)3-8(18)4-11(15)21)17(26(2)25-7)24-16-12(22)5-9(19)6-13(16)23/h3-6,24H,1-2H3. The summed E-state index contributed by atoms with van der Waals surface area (Å²) in [5.74, 6) is -5.27. The summed E-state index contributed by atoms with van der Waals surface area (Å²) in [5, 5.41) is 6.49. The van der Waals surface area contributed by atoms with Crippen LogP contribution in [-0.2, 0) is 7.05 Å². The van der Waals surface area contributed by atoms with E-state index in [-0.39, 0.29) is 21.5 Å². The van der Waals surface area contributed by atoms with Crippen LogP contribution in [0, 0.1) is 36.0 Å². The topological polar surface area (TPSA) is 29.9 Å². The summed E-state index contributed by atoms with van der Waals surface area (Å²) in [6.45, 7) is 1.50. The number of halogens is 6. The molecule has 3 rings (SSSR count). The van der Waals surface area contributed by atoms with Gasteiger partial charge in [0.15, 0.2) is 11.6 Å². The van der Waals surface area contributed by atoms with E-state index in [9.17, 15) is 22.0 Å². The zero-order valence-electron chi connectivity index (χ0n) is 13.5. The number of nitrogens with zero attached hydrogens (tertiary/aromatic N) is 2. The van der Waals surface area contributed by atoms with Crippen molar-refractivity contribution in [3.05, 3.63) is 63.5 Å². The summed E-state index contributed by atoms with van der Waals surface area (Å²) in [7, 11) is 1.44. The van der Waals surface area contributed by atoms with Gasteiger partial charge in [-0.25, -0.2) is 22.0 Å². The minimum absolute atomic E-state index is 0.00174. The summed E-state index contributed by atoms with van der Waals surface area (Å²) in [5.41, 5.74) is -0.825. The van der Waals surface area contributed by atoms with Crippen LogP contribution in [0.4, 0.5) is 33.5 Å². The molecule has 0 fully saturated rings. The van der Waals surface area contributed by atoms with Gasteiger partial charge in [0.1, 0.15) is 29.0 Å². The van der Waals surface area contributed by atoms with E-state index >= 15 is 0 Å². The van der Waals surface area contributed by atoms with Gasteiger partial charge in [-0.15, -0.1) is 0 Å². The monoisotopic (exact) mass is 431 g/mol. The van der Waals surface area contributed by atoms with Gasteiger partial charge in [0, 0.05) is 23.7 Å². The molecule has 1 N–H and O–H groups in total. The lowest BCUT2D eigenvalue weighted by atomic mass is 10.0. The Morgan fingerprint density at radius 2 is 1.42 bits per heavy atom. The molecule has 0 bridgehead atoms. The molecule has 3 aromatic rings. The van der Waals surface area contributed by atoms with Crippen LogP contribution in [0.15, 0.2) is 28.7 Å². The van der Waals surface area contributed by atoms with E-state index in [0.29, 0.717) is 12.1 Å². The number of hydrogen-bond acceptors (Lipinski definition) is 2. The van der Waals surface area contributed by atoms with E-state index < -0.39 is 40.3 Å². The van der Waals surface area contributed by atoms with Gasteiger partial charge < -0.3 is 5.32 Å². The first-order chi connectivity index (χ1) is 12.2. The molecule has 0 aliphatic heterocycles. The van der Waals surface area contributed by atoms with Crippen LogP contribution in [0.5, 0.6) is 0 Å². The average Bonchev–Trinajstić information content (AvgIpc) is 2.76. The summed E-state index contributed by atoms with van der Waals surface area (Å²) < 4.78 is 71.2. The Balaban J connectivity index is 2.21. The van der Waals surface area contributed by atoms with Crippen molar-refractivity contribution in [1.82, 2.24) is 9.78 Å². The predicted octanol–water partition coefficient (Wildman–Crippen LogP) is 5.60. The highest BCUT2D eigenvalue weighted by Gasteiger charge is 2.24. The molecule has 0 spiro atoms. The fourth-order valence-electron chi connectivity index (χ4n) is 2.66. The van der Waals surface area contributed by atoms with Crippen molar-refractivity contribution in [1.29, 1.82) is 0 Å². The fourth-order valence-corrected chi connectivity index (χ4v) is 3.06. The van der Waals surface area contributed by atoms with Crippen molar-refractivity contribution in [3.8, 4) is 11.1 Å². The maximum atomic E-state index is 14.4. The SMILES string of the molecule is Cc1nn(C)c(Nc2c(F)cc(F)cc2F)c1-c1c(F)cc(Br)cc1F. The van der Waals surface area contributed by atoms with Crippen LogP contribution < -0.4 is 5.32 Å². The van der Waals surface area contributed by atoms with E-state index in [4.69, 9.17) is 0 Å². The Morgan fingerprint density at radius 1 is 0.885 bits per heavy atom. The van der Waals surface area contributed by atoms with Crippen LogP contribution >= 0.6 is 15.9 Å². The molecule has 0 aliphatic rings. The third kappa shape index (κ3) is 3.18. The molecular formula is C17H11BrF5N3. The number of aryl methyl sites for hydroxylation is 2. The third-order valence-electron chi connectivity index (χ3n) is 3.73. The zero-order chi connectivity index (χ0) is 19.2. The van der Waals surface area contributed by atoms with E-state index in [2.05, 4.69) is 26.3 Å². The van der Waals surface area contributed by atoms with Crippen molar-refractivity contribution < 1.29 is 22.0 Å². The van der Waals surface area contributed by atoms with Crippen molar-refractivity contribution in [2.75, 3.05) is 5.32 Å². The Hall–Kier alpha value is -2.42. The molecule has 26 heavy (non-hydrogen) atoms. The Labute approximate surface area is 153 Å². The lowest BCUT2D eigenvalue weighted by molar-refractivity contribution is 0.548. The minimum atomic E-state index is -1.19. The van der Waals surface area contributed by atoms with Gasteiger partial charge in [0.05, 0.1) is 16.8 Å². The van der Waals surface area contributed by atoms with Gasteiger partial charge in [0.2, 0.25) is 0 Å². The highest BCUT2D eigenvalue weighted by Crippen LogP contribution is 2.38. The first kappa shape index (κ1) is 18.4. The zero-order valence-corrected chi connectivity index (χ0v) is 15.1. The molecule has 0 radical (unpaired) electrons. The fraction of sp³-hybridized carbons (Fsp3) is 0.118. The van der Waals surface area contributed by atoms with Crippen LogP contribution in [-0.4, -0.2) is 9.78 Å². The number of hydrogen-bond donors (Lipinski definition) is 1. The van der Waals surface area contributed by atoms with E-state index in [1.165, 1.54) is 18.7 Å². The molecule has 0 atom stereocenters. The van der Waals surface area contributed by atoms with Crippen molar-refractivity contribution in [2.45, 2.75) is 6.92 Å². The number of rotatable bonds is 3. The Morgan fingerprint density at radius 3 is 1.96 bits per heavy atom. The molecule has 0 saturated carbocycles. The second-order valence-electron chi connectivity index (χ2n) is 5.55.